The largest absolute Gasteiger partial charge is 0.448 e. The summed E-state index contributed by atoms with van der Waals surface area (Å²) in [5.41, 5.74) is 5.57. The lowest BCUT2D eigenvalue weighted by atomic mass is 10.1. The van der Waals surface area contributed by atoms with Crippen LogP contribution in [-0.2, 0) is 29.0 Å². The smallest absolute Gasteiger partial charge is 0.410 e. The van der Waals surface area contributed by atoms with Crippen LogP contribution < -0.4 is 10.6 Å². The van der Waals surface area contributed by atoms with Crippen LogP contribution in [0.4, 0.5) is 9.59 Å². The van der Waals surface area contributed by atoms with Crippen LogP contribution in [0.2, 0.25) is 0 Å². The maximum Gasteiger partial charge on any atom is 0.410 e. The van der Waals surface area contributed by atoms with Crippen molar-refractivity contribution in [3.8, 4) is 0 Å². The fraction of sp³-hybridized carbons (Fsp3) is 0.417. The molecule has 2 aromatic heterocycles. The minimum Gasteiger partial charge on any atom is -0.448 e. The van der Waals surface area contributed by atoms with E-state index in [-0.39, 0.29) is 31.9 Å². The normalized spacial score (nSPS) is 13.8. The Labute approximate surface area is 212 Å². The van der Waals surface area contributed by atoms with Gasteiger partial charge in [-0.2, -0.15) is 0 Å². The zero-order chi connectivity index (χ0) is 24.3. The number of hydrogen-bond acceptors (Lipinski definition) is 9. The van der Waals surface area contributed by atoms with Gasteiger partial charge in [-0.15, -0.1) is 22.7 Å². The van der Waals surface area contributed by atoms with Crippen LogP contribution in [0.5, 0.6) is 0 Å². The van der Waals surface area contributed by atoms with Crippen molar-refractivity contribution in [2.45, 2.75) is 38.5 Å². The molecule has 2 amide bonds. The molecule has 0 aliphatic carbocycles. The number of alkyl carbamates (subject to hydrolysis) is 1. The first-order chi connectivity index (χ1) is 17.2. The first-order valence-electron chi connectivity index (χ1n) is 11.6. The zero-order valence-corrected chi connectivity index (χ0v) is 21.0. The van der Waals surface area contributed by atoms with Crippen molar-refractivity contribution < 1.29 is 19.1 Å². The summed E-state index contributed by atoms with van der Waals surface area (Å²) in [6, 6.07) is 10.2. The second kappa shape index (κ2) is 13.2. The van der Waals surface area contributed by atoms with Crippen molar-refractivity contribution in [2.75, 3.05) is 26.2 Å². The van der Waals surface area contributed by atoms with E-state index < -0.39 is 6.09 Å². The minimum atomic E-state index is -0.556. The molecule has 0 atom stereocenters. The maximum absolute atomic E-state index is 12.8. The number of rotatable bonds is 10. The molecule has 0 radical (unpaired) electrons. The Morgan fingerprint density at radius 1 is 1.11 bits per heavy atom. The van der Waals surface area contributed by atoms with Crippen LogP contribution in [0.15, 0.2) is 47.5 Å². The van der Waals surface area contributed by atoms with E-state index in [1.807, 2.05) is 30.3 Å². The van der Waals surface area contributed by atoms with Gasteiger partial charge in [-0.05, 0) is 31.5 Å². The van der Waals surface area contributed by atoms with E-state index in [9.17, 15) is 9.59 Å². The molecular formula is C24H29N5O4S2. The van der Waals surface area contributed by atoms with Crippen LogP contribution in [-0.4, -0.2) is 59.3 Å². The Hall–Kier alpha value is -3.02. The Morgan fingerprint density at radius 2 is 1.94 bits per heavy atom. The van der Waals surface area contributed by atoms with Crippen LogP contribution in [0.3, 0.4) is 0 Å². The summed E-state index contributed by atoms with van der Waals surface area (Å²) in [7, 11) is 0. The molecule has 1 fully saturated rings. The third-order valence-electron chi connectivity index (χ3n) is 5.66. The molecule has 1 aliphatic heterocycles. The molecule has 11 heteroatoms. The Balaban J connectivity index is 1.18. The molecule has 2 N–H and O–H groups in total. The number of piperidine rings is 1. The fourth-order valence-corrected chi connectivity index (χ4v) is 5.14. The molecule has 35 heavy (non-hydrogen) atoms. The maximum atomic E-state index is 12.8. The van der Waals surface area contributed by atoms with Crippen molar-refractivity contribution in [2.24, 2.45) is 0 Å². The molecule has 0 saturated carbocycles. The highest BCUT2D eigenvalue weighted by Gasteiger charge is 2.27. The summed E-state index contributed by atoms with van der Waals surface area (Å²) in [6.45, 7) is 2.61. The number of carbonyl (C=O) groups is 2. The molecule has 186 valence electrons. The lowest BCUT2D eigenvalue weighted by Gasteiger charge is -2.33. The summed E-state index contributed by atoms with van der Waals surface area (Å²) in [5.74, 6) is 0. The summed E-state index contributed by atoms with van der Waals surface area (Å²) < 4.78 is 10.8. The monoisotopic (exact) mass is 515 g/mol. The quantitative estimate of drug-likeness (QED) is 0.396. The average Bonchev–Trinajstić information content (AvgIpc) is 3.57. The van der Waals surface area contributed by atoms with Gasteiger partial charge in [0.25, 0.3) is 0 Å². The highest BCUT2D eigenvalue weighted by Crippen LogP contribution is 2.20. The van der Waals surface area contributed by atoms with E-state index in [0.717, 1.165) is 46.9 Å². The number of aromatic nitrogens is 2. The molecule has 4 rings (SSSR count). The predicted molar refractivity (Wildman–Crippen MR) is 134 cm³/mol. The van der Waals surface area contributed by atoms with Crippen LogP contribution in [0, 0.1) is 0 Å². The highest BCUT2D eigenvalue weighted by atomic mass is 32.1. The van der Waals surface area contributed by atoms with E-state index in [4.69, 9.17) is 9.47 Å². The van der Waals surface area contributed by atoms with Gasteiger partial charge in [0.05, 0.1) is 34.7 Å². The molecular weight excluding hydrogens is 486 g/mol. The van der Waals surface area contributed by atoms with E-state index in [0.29, 0.717) is 13.0 Å². The summed E-state index contributed by atoms with van der Waals surface area (Å²) in [4.78, 5) is 37.1. The van der Waals surface area contributed by atoms with Crippen molar-refractivity contribution in [1.82, 2.24) is 25.5 Å². The third kappa shape index (κ3) is 7.74. The first-order valence-corrected chi connectivity index (χ1v) is 13.3. The average molecular weight is 516 g/mol. The number of nitrogens with one attached hydrogen (secondary N) is 2. The van der Waals surface area contributed by atoms with E-state index >= 15 is 0 Å². The van der Waals surface area contributed by atoms with Crippen LogP contribution in [0.1, 0.15) is 33.9 Å². The van der Waals surface area contributed by atoms with Gasteiger partial charge in [0.2, 0.25) is 0 Å². The number of hydrogen-bond donors (Lipinski definition) is 2. The highest BCUT2D eigenvalue weighted by molar-refractivity contribution is 7.09. The Kier molecular flexibility index (Phi) is 9.44. The van der Waals surface area contributed by atoms with Crippen molar-refractivity contribution in [3.05, 3.63) is 68.6 Å². The molecule has 1 aromatic carbocycles. The summed E-state index contributed by atoms with van der Waals surface area (Å²) >= 11 is 2.98. The molecule has 1 aliphatic rings. The van der Waals surface area contributed by atoms with E-state index in [1.54, 1.807) is 22.1 Å². The molecule has 0 spiro atoms. The van der Waals surface area contributed by atoms with Gasteiger partial charge >= 0.3 is 12.2 Å². The Bertz CT molecular complexity index is 1060. The van der Waals surface area contributed by atoms with Crippen molar-refractivity contribution >= 4 is 34.9 Å². The minimum absolute atomic E-state index is 0.0674. The molecule has 9 nitrogen and oxygen atoms in total. The third-order valence-corrected chi connectivity index (χ3v) is 7.28. The van der Waals surface area contributed by atoms with Gasteiger partial charge in [-0.25, -0.2) is 14.6 Å². The van der Waals surface area contributed by atoms with Crippen LogP contribution >= 0.6 is 22.7 Å². The van der Waals surface area contributed by atoms with Gasteiger partial charge in [0, 0.05) is 23.5 Å². The molecule has 3 heterocycles. The number of ether oxygens (including phenoxy) is 2. The molecule has 0 unspecified atom stereocenters. The van der Waals surface area contributed by atoms with Gasteiger partial charge in [-0.1, -0.05) is 30.3 Å². The molecule has 3 aromatic rings. The molecule has 0 bridgehead atoms. The first kappa shape index (κ1) is 25.1. The lowest BCUT2D eigenvalue weighted by Crippen LogP contribution is -2.46. The van der Waals surface area contributed by atoms with Gasteiger partial charge in [0.15, 0.2) is 0 Å². The number of carbonyl (C=O) groups excluding carboxylic acids is 2. The number of thiazole rings is 2. The van der Waals surface area contributed by atoms with Gasteiger partial charge < -0.3 is 20.1 Å². The van der Waals surface area contributed by atoms with Gasteiger partial charge in [-0.3, -0.25) is 9.88 Å². The van der Waals surface area contributed by atoms with E-state index in [1.165, 1.54) is 22.7 Å². The fourth-order valence-electron chi connectivity index (χ4n) is 3.85. The van der Waals surface area contributed by atoms with Crippen molar-refractivity contribution in [3.63, 3.8) is 0 Å². The number of amides is 2. The SMILES string of the molecule is O=C(NCCOC(=O)N(Cc1cncs1)C1CCNCC1)OCc1scnc1Cc1ccccc1. The second-order valence-electron chi connectivity index (χ2n) is 8.08. The summed E-state index contributed by atoms with van der Waals surface area (Å²) in [6.07, 6.45) is 3.29. The zero-order valence-electron chi connectivity index (χ0n) is 19.4. The van der Waals surface area contributed by atoms with Crippen LogP contribution in [0.25, 0.3) is 0 Å². The van der Waals surface area contributed by atoms with E-state index in [2.05, 4.69) is 20.6 Å². The Morgan fingerprint density at radius 3 is 2.71 bits per heavy atom. The second-order valence-corrected chi connectivity index (χ2v) is 9.99. The predicted octanol–water partition coefficient (Wildman–Crippen LogP) is 3.81. The number of nitrogens with zero attached hydrogens (tertiary/aromatic N) is 3. The lowest BCUT2D eigenvalue weighted by molar-refractivity contribution is 0.0748. The van der Waals surface area contributed by atoms with Gasteiger partial charge in [0.1, 0.15) is 13.2 Å². The standard InChI is InChI=1S/C24H29N5O4S2/c30-23(33-15-22-21(28-17-35-22)12-18-4-2-1-3-5-18)27-10-11-32-24(31)29(14-20-13-26-16-34-20)19-6-8-25-9-7-19/h1-5,13,16-17,19,25H,6-12,14-15H2,(H,27,30). The molecule has 1 saturated heterocycles. The topological polar surface area (TPSA) is 106 Å². The number of benzene rings is 1. The summed E-state index contributed by atoms with van der Waals surface area (Å²) in [5, 5.41) is 5.96. The van der Waals surface area contributed by atoms with Crippen molar-refractivity contribution in [1.29, 1.82) is 0 Å².